The number of hydrogen-bond acceptors (Lipinski definition) is 4. The predicted octanol–water partition coefficient (Wildman–Crippen LogP) is 5.51. The monoisotopic (exact) mass is 488 g/mol. The van der Waals surface area contributed by atoms with Gasteiger partial charge in [0.05, 0.1) is 0 Å². The van der Waals surface area contributed by atoms with E-state index in [1.54, 1.807) is 36.7 Å². The third kappa shape index (κ3) is 6.23. The average molecular weight is 490 g/mol. The van der Waals surface area contributed by atoms with Crippen molar-refractivity contribution in [2.75, 3.05) is 13.1 Å². The molecule has 33 heavy (non-hydrogen) atoms. The molecule has 0 amide bonds. The molecule has 4 aromatic rings. The van der Waals surface area contributed by atoms with Crippen molar-refractivity contribution in [2.24, 2.45) is 0 Å². The molecule has 0 spiro atoms. The number of nitrogens with zero attached hydrogens (tertiary/aromatic N) is 4. The molecule has 0 saturated carbocycles. The largest absolute Gasteiger partial charge is 2.00 e. The summed E-state index contributed by atoms with van der Waals surface area (Å²) in [4.78, 5) is 8.88. The number of rotatable bonds is 9. The minimum atomic E-state index is -0.397. The van der Waals surface area contributed by atoms with Crippen LogP contribution < -0.4 is 0 Å². The van der Waals surface area contributed by atoms with E-state index in [1.807, 2.05) is 60.7 Å². The molecule has 2 atom stereocenters. The third-order valence-electron chi connectivity index (χ3n) is 5.12. The Bertz CT molecular complexity index is 1040. The zero-order valence-corrected chi connectivity index (χ0v) is 21.2. The third-order valence-corrected chi connectivity index (χ3v) is 5.12. The maximum absolute atomic E-state index is 10.4. The second kappa shape index (κ2) is 12.2. The fraction of sp³-hybridized carbons (Fsp3) is 0.154. The van der Waals surface area contributed by atoms with Gasteiger partial charge in [-0.2, -0.15) is 13.1 Å². The average Bonchev–Trinajstić information content (AvgIpc) is 2.84. The van der Waals surface area contributed by atoms with Gasteiger partial charge in [-0.05, 0) is 47.5 Å². The molecule has 7 heteroatoms. The van der Waals surface area contributed by atoms with Gasteiger partial charge in [0, 0.05) is 23.8 Å². The van der Waals surface area contributed by atoms with Gasteiger partial charge in [-0.1, -0.05) is 60.6 Å². The van der Waals surface area contributed by atoms with Gasteiger partial charge in [-0.25, -0.2) is 0 Å². The van der Waals surface area contributed by atoms with Gasteiger partial charge in [0.2, 0.25) is 0 Å². The Hall–Kier alpha value is -3.12. The van der Waals surface area contributed by atoms with Gasteiger partial charge < -0.3 is 20.8 Å². The van der Waals surface area contributed by atoms with E-state index in [9.17, 15) is 10.2 Å². The Labute approximate surface area is 206 Å². The molecule has 0 fully saturated rings. The number of benzene rings is 2. The van der Waals surface area contributed by atoms with Crippen LogP contribution >= 0.6 is 0 Å². The van der Waals surface area contributed by atoms with Crippen LogP contribution in [0.5, 0.6) is 11.5 Å². The number of aromatic hydroxyl groups is 2. The normalized spacial score (nSPS) is 12.5. The Kier molecular flexibility index (Phi) is 9.07. The van der Waals surface area contributed by atoms with E-state index in [4.69, 9.17) is 10.6 Å². The molecule has 2 N–H and O–H groups in total. The van der Waals surface area contributed by atoms with Gasteiger partial charge >= 0.3 is 19.5 Å². The summed E-state index contributed by atoms with van der Waals surface area (Å²) in [6, 6.07) is 24.9. The zero-order chi connectivity index (χ0) is 22.2. The number of phenols is 2. The topological polar surface area (TPSA) is 94.4 Å². The molecular formula is C26H24N4O2Zn. The Morgan fingerprint density at radius 2 is 0.970 bits per heavy atom. The molecule has 1 unspecified atom stereocenters. The van der Waals surface area contributed by atoms with E-state index in [1.165, 1.54) is 0 Å². The van der Waals surface area contributed by atoms with Crippen molar-refractivity contribution in [3.05, 3.63) is 130 Å². The van der Waals surface area contributed by atoms with E-state index < -0.39 is 12.1 Å². The van der Waals surface area contributed by atoms with Crippen LogP contribution in [0.15, 0.2) is 97.3 Å². The standard InChI is InChI=1S/C26H24N4O2.Zn/c31-23-13-3-1-9-19(23)25(21-11-5-7-15-27-21)29-17-18-30-26(22-12-6-8-16-28-22)20-10-2-4-14-24(20)32;/h1-16,25-26,31-32H,17-18H2;/q-2;+2/t25-,26?;/m1./s1. The smallest absolute Gasteiger partial charge is 0.652 e. The molecule has 4 rings (SSSR count). The van der Waals surface area contributed by atoms with Crippen LogP contribution in [0.3, 0.4) is 0 Å². The second-order valence-corrected chi connectivity index (χ2v) is 7.24. The zero-order valence-electron chi connectivity index (χ0n) is 18.2. The van der Waals surface area contributed by atoms with Crippen LogP contribution in [0.2, 0.25) is 0 Å². The van der Waals surface area contributed by atoms with Crippen molar-refractivity contribution in [1.82, 2.24) is 9.97 Å². The quantitative estimate of drug-likeness (QED) is 0.239. The van der Waals surface area contributed by atoms with E-state index in [0.29, 0.717) is 24.2 Å². The number of hydrogen-bond donors (Lipinski definition) is 2. The van der Waals surface area contributed by atoms with Crippen LogP contribution in [0.4, 0.5) is 0 Å². The summed E-state index contributed by atoms with van der Waals surface area (Å²) in [5.74, 6) is 0.369. The Morgan fingerprint density at radius 1 is 0.576 bits per heavy atom. The summed E-state index contributed by atoms with van der Waals surface area (Å²) in [6.45, 7) is 0.846. The van der Waals surface area contributed by atoms with Crippen molar-refractivity contribution >= 4 is 0 Å². The summed E-state index contributed by atoms with van der Waals surface area (Å²) in [7, 11) is 0. The molecule has 0 saturated heterocycles. The van der Waals surface area contributed by atoms with Crippen LogP contribution in [-0.4, -0.2) is 33.3 Å². The summed E-state index contributed by atoms with van der Waals surface area (Å²) < 4.78 is 0. The Morgan fingerprint density at radius 3 is 1.33 bits per heavy atom. The van der Waals surface area contributed by atoms with Crippen LogP contribution in [0.25, 0.3) is 10.6 Å². The van der Waals surface area contributed by atoms with E-state index in [0.717, 1.165) is 11.4 Å². The molecule has 2 aromatic heterocycles. The minimum Gasteiger partial charge on any atom is -0.652 e. The van der Waals surface area contributed by atoms with E-state index >= 15 is 0 Å². The fourth-order valence-electron chi connectivity index (χ4n) is 3.59. The predicted molar refractivity (Wildman–Crippen MR) is 125 cm³/mol. The van der Waals surface area contributed by atoms with Crippen LogP contribution in [0, 0.1) is 0 Å². The molecule has 0 radical (unpaired) electrons. The first kappa shape index (κ1) is 24.5. The Balaban J connectivity index is 0.00000306. The summed E-state index contributed by atoms with van der Waals surface area (Å²) >= 11 is 0. The number of para-hydroxylation sites is 2. The number of pyridine rings is 2. The summed E-state index contributed by atoms with van der Waals surface area (Å²) in [6.07, 6.45) is 3.44. The fourth-order valence-corrected chi connectivity index (χ4v) is 3.59. The van der Waals surface area contributed by atoms with E-state index in [2.05, 4.69) is 9.97 Å². The van der Waals surface area contributed by atoms with Gasteiger partial charge in [0.15, 0.2) is 0 Å². The van der Waals surface area contributed by atoms with Gasteiger partial charge in [0.25, 0.3) is 0 Å². The number of aromatic nitrogens is 2. The molecule has 0 aliphatic rings. The molecule has 6 nitrogen and oxygen atoms in total. The molecule has 0 aliphatic heterocycles. The molecule has 0 aliphatic carbocycles. The van der Waals surface area contributed by atoms with Crippen molar-refractivity contribution in [1.29, 1.82) is 0 Å². The molecule has 2 heterocycles. The number of phenolic OH excluding ortho intramolecular Hbond substituents is 2. The first-order chi connectivity index (χ1) is 15.7. The van der Waals surface area contributed by atoms with Crippen molar-refractivity contribution < 1.29 is 29.7 Å². The first-order valence-corrected chi connectivity index (χ1v) is 10.4. The van der Waals surface area contributed by atoms with Gasteiger partial charge in [0.1, 0.15) is 11.5 Å². The maximum Gasteiger partial charge on any atom is 2.00 e. The van der Waals surface area contributed by atoms with Crippen LogP contribution in [0.1, 0.15) is 34.6 Å². The van der Waals surface area contributed by atoms with Crippen LogP contribution in [-0.2, 0) is 19.5 Å². The van der Waals surface area contributed by atoms with Crippen molar-refractivity contribution in [3.8, 4) is 11.5 Å². The van der Waals surface area contributed by atoms with Crippen molar-refractivity contribution in [3.63, 3.8) is 0 Å². The molecule has 162 valence electrons. The summed E-state index contributed by atoms with van der Waals surface area (Å²) in [5.41, 5.74) is 2.92. The molecule has 0 bridgehead atoms. The van der Waals surface area contributed by atoms with Gasteiger partial charge in [-0.3, -0.25) is 9.97 Å². The minimum absolute atomic E-state index is 0. The first-order valence-electron chi connectivity index (χ1n) is 10.4. The van der Waals surface area contributed by atoms with Gasteiger partial charge in [-0.15, -0.1) is 0 Å². The summed E-state index contributed by atoms with van der Waals surface area (Å²) in [5, 5.41) is 30.4. The molecule has 2 aromatic carbocycles. The van der Waals surface area contributed by atoms with Crippen molar-refractivity contribution in [2.45, 2.75) is 12.1 Å². The second-order valence-electron chi connectivity index (χ2n) is 7.24. The SMILES string of the molecule is Oc1ccccc1C([N-]CC[N-][C@@H](c1ccccn1)c1ccccc1O)c1ccccn1.[Zn+2]. The maximum atomic E-state index is 10.4. The van der Waals surface area contributed by atoms with E-state index in [-0.39, 0.29) is 31.0 Å². The molecular weight excluding hydrogens is 466 g/mol.